The summed E-state index contributed by atoms with van der Waals surface area (Å²) in [4.78, 5) is 0. The second kappa shape index (κ2) is 6.54. The molecule has 1 aromatic rings. The molecule has 0 spiro atoms. The highest BCUT2D eigenvalue weighted by molar-refractivity contribution is 5.42. The highest BCUT2D eigenvalue weighted by Gasteiger charge is 2.03. The Hall–Kier alpha value is -1.02. The van der Waals surface area contributed by atoms with Gasteiger partial charge < -0.3 is 10.2 Å². The number of unbranched alkanes of at least 4 members (excludes halogenated alkanes) is 3. The second-order valence-electron chi connectivity index (χ2n) is 4.47. The number of aliphatic hydroxyl groups excluding tert-OH is 1. The van der Waals surface area contributed by atoms with Crippen molar-refractivity contribution in [3.8, 4) is 5.75 Å². The van der Waals surface area contributed by atoms with Gasteiger partial charge in [-0.2, -0.15) is 0 Å². The van der Waals surface area contributed by atoms with E-state index in [0.29, 0.717) is 12.4 Å². The molecule has 90 valence electrons. The Kier molecular flexibility index (Phi) is 5.33. The van der Waals surface area contributed by atoms with E-state index >= 15 is 0 Å². The molecule has 0 bridgehead atoms. The molecule has 0 radical (unpaired) electrons. The summed E-state index contributed by atoms with van der Waals surface area (Å²) in [6, 6.07) is 4.13. The molecule has 0 atom stereocenters. The summed E-state index contributed by atoms with van der Waals surface area (Å²) >= 11 is 0. The fourth-order valence-electron chi connectivity index (χ4n) is 1.98. The maximum absolute atomic E-state index is 9.64. The first-order valence-corrected chi connectivity index (χ1v) is 6.05. The molecule has 16 heavy (non-hydrogen) atoms. The van der Waals surface area contributed by atoms with Gasteiger partial charge in [0.1, 0.15) is 5.75 Å². The average molecular weight is 222 g/mol. The molecule has 0 aliphatic heterocycles. The van der Waals surface area contributed by atoms with Crippen LogP contribution >= 0.6 is 0 Å². The fraction of sp³-hybridized carbons (Fsp3) is 0.571. The lowest BCUT2D eigenvalue weighted by atomic mass is 10.0. The van der Waals surface area contributed by atoms with Gasteiger partial charge in [0, 0.05) is 6.61 Å². The van der Waals surface area contributed by atoms with E-state index < -0.39 is 0 Å². The summed E-state index contributed by atoms with van der Waals surface area (Å²) in [6.07, 6.45) is 5.40. The summed E-state index contributed by atoms with van der Waals surface area (Å²) < 4.78 is 0. The van der Waals surface area contributed by atoms with Crippen molar-refractivity contribution < 1.29 is 10.2 Å². The molecule has 0 aromatic heterocycles. The lowest BCUT2D eigenvalue weighted by Gasteiger charge is -2.07. The number of aliphatic hydroxyl groups is 1. The van der Waals surface area contributed by atoms with Crippen LogP contribution in [0.25, 0.3) is 0 Å². The Balaban J connectivity index is 2.43. The lowest BCUT2D eigenvalue weighted by Crippen LogP contribution is -1.91. The molecule has 0 amide bonds. The Morgan fingerprint density at radius 1 is 0.938 bits per heavy atom. The molecule has 0 unspecified atom stereocenters. The summed E-state index contributed by atoms with van der Waals surface area (Å²) in [5.74, 6) is 0.420. The zero-order chi connectivity index (χ0) is 12.0. The molecular weight excluding hydrogens is 200 g/mol. The first kappa shape index (κ1) is 13.0. The lowest BCUT2D eigenvalue weighted by molar-refractivity contribution is 0.282. The van der Waals surface area contributed by atoms with Gasteiger partial charge in [-0.1, -0.05) is 25.0 Å². The van der Waals surface area contributed by atoms with Gasteiger partial charge in [-0.3, -0.25) is 0 Å². The SMILES string of the molecule is Cc1cc(CCCCCCO)cc(C)c1O. The van der Waals surface area contributed by atoms with Gasteiger partial charge in [-0.25, -0.2) is 0 Å². The molecule has 0 aliphatic rings. The molecule has 0 saturated carbocycles. The molecule has 2 heteroatoms. The van der Waals surface area contributed by atoms with E-state index in [1.165, 1.54) is 12.0 Å². The second-order valence-corrected chi connectivity index (χ2v) is 4.47. The van der Waals surface area contributed by atoms with Crippen molar-refractivity contribution in [3.05, 3.63) is 28.8 Å². The van der Waals surface area contributed by atoms with Crippen LogP contribution in [0.1, 0.15) is 42.4 Å². The van der Waals surface area contributed by atoms with E-state index in [1.807, 2.05) is 13.8 Å². The quantitative estimate of drug-likeness (QED) is 0.726. The first-order valence-electron chi connectivity index (χ1n) is 6.05. The molecule has 1 aromatic carbocycles. The van der Waals surface area contributed by atoms with Gasteiger partial charge in [0.15, 0.2) is 0 Å². The smallest absolute Gasteiger partial charge is 0.121 e. The van der Waals surface area contributed by atoms with Crippen molar-refractivity contribution in [1.82, 2.24) is 0 Å². The highest BCUT2D eigenvalue weighted by Crippen LogP contribution is 2.23. The highest BCUT2D eigenvalue weighted by atomic mass is 16.3. The average Bonchev–Trinajstić information content (AvgIpc) is 2.25. The predicted octanol–water partition coefficient (Wildman–Crippen LogP) is 3.10. The summed E-state index contributed by atoms with van der Waals surface area (Å²) in [6.45, 7) is 4.19. The van der Waals surface area contributed by atoms with Crippen LogP contribution in [0.2, 0.25) is 0 Å². The Morgan fingerprint density at radius 3 is 2.06 bits per heavy atom. The van der Waals surface area contributed by atoms with Gasteiger partial charge in [-0.05, 0) is 49.8 Å². The van der Waals surface area contributed by atoms with E-state index in [1.54, 1.807) is 0 Å². The number of hydrogen-bond donors (Lipinski definition) is 2. The van der Waals surface area contributed by atoms with Gasteiger partial charge in [0.25, 0.3) is 0 Å². The minimum Gasteiger partial charge on any atom is -0.507 e. The summed E-state index contributed by atoms with van der Waals surface area (Å²) in [5.41, 5.74) is 3.23. The monoisotopic (exact) mass is 222 g/mol. The van der Waals surface area contributed by atoms with Crippen molar-refractivity contribution in [2.45, 2.75) is 46.0 Å². The third kappa shape index (κ3) is 3.86. The number of aromatic hydroxyl groups is 1. The third-order valence-electron chi connectivity index (χ3n) is 2.92. The van der Waals surface area contributed by atoms with Gasteiger partial charge in [-0.15, -0.1) is 0 Å². The normalized spacial score (nSPS) is 10.7. The van der Waals surface area contributed by atoms with Crippen LogP contribution < -0.4 is 0 Å². The molecule has 2 nitrogen and oxygen atoms in total. The van der Waals surface area contributed by atoms with E-state index in [2.05, 4.69) is 12.1 Å². The fourth-order valence-corrected chi connectivity index (χ4v) is 1.98. The molecule has 0 heterocycles. The van der Waals surface area contributed by atoms with E-state index in [-0.39, 0.29) is 0 Å². The Bertz CT molecular complexity index is 309. The van der Waals surface area contributed by atoms with E-state index in [9.17, 15) is 5.11 Å². The molecule has 0 aliphatic carbocycles. The summed E-state index contributed by atoms with van der Waals surface area (Å²) in [7, 11) is 0. The number of aryl methyl sites for hydroxylation is 3. The van der Waals surface area contributed by atoms with E-state index in [4.69, 9.17) is 5.11 Å². The first-order chi connectivity index (χ1) is 7.65. The molecule has 1 rings (SSSR count). The standard InChI is InChI=1S/C14H22O2/c1-11-9-13(10-12(2)14(11)16)7-5-3-4-6-8-15/h9-10,15-16H,3-8H2,1-2H3. The zero-order valence-electron chi connectivity index (χ0n) is 10.3. The van der Waals surface area contributed by atoms with Crippen LogP contribution in [-0.4, -0.2) is 16.8 Å². The number of phenols is 1. The number of benzene rings is 1. The van der Waals surface area contributed by atoms with E-state index in [0.717, 1.165) is 36.8 Å². The molecule has 0 fully saturated rings. The Morgan fingerprint density at radius 2 is 1.50 bits per heavy atom. The van der Waals surface area contributed by atoms with Gasteiger partial charge >= 0.3 is 0 Å². The third-order valence-corrected chi connectivity index (χ3v) is 2.92. The van der Waals surface area contributed by atoms with Crippen molar-refractivity contribution in [1.29, 1.82) is 0 Å². The number of rotatable bonds is 6. The number of hydrogen-bond acceptors (Lipinski definition) is 2. The maximum Gasteiger partial charge on any atom is 0.121 e. The molecule has 0 saturated heterocycles. The Labute approximate surface area is 97.9 Å². The van der Waals surface area contributed by atoms with Crippen molar-refractivity contribution in [2.24, 2.45) is 0 Å². The summed E-state index contributed by atoms with van der Waals surface area (Å²) in [5, 5.41) is 18.3. The van der Waals surface area contributed by atoms with Gasteiger partial charge in [0.05, 0.1) is 0 Å². The van der Waals surface area contributed by atoms with Crippen molar-refractivity contribution in [3.63, 3.8) is 0 Å². The van der Waals surface area contributed by atoms with Crippen molar-refractivity contribution in [2.75, 3.05) is 6.61 Å². The molecular formula is C14H22O2. The topological polar surface area (TPSA) is 40.5 Å². The van der Waals surface area contributed by atoms with Crippen LogP contribution in [0, 0.1) is 13.8 Å². The van der Waals surface area contributed by atoms with Crippen LogP contribution in [0.15, 0.2) is 12.1 Å². The largest absolute Gasteiger partial charge is 0.507 e. The minimum atomic E-state index is 0.303. The zero-order valence-corrected chi connectivity index (χ0v) is 10.3. The maximum atomic E-state index is 9.64. The predicted molar refractivity (Wildman–Crippen MR) is 66.8 cm³/mol. The number of phenolic OH excluding ortho intramolecular Hbond substituents is 1. The van der Waals surface area contributed by atoms with Crippen LogP contribution in [0.4, 0.5) is 0 Å². The molecule has 2 N–H and O–H groups in total. The van der Waals surface area contributed by atoms with Gasteiger partial charge in [0.2, 0.25) is 0 Å². The van der Waals surface area contributed by atoms with Crippen LogP contribution in [0.3, 0.4) is 0 Å². The minimum absolute atomic E-state index is 0.303. The van der Waals surface area contributed by atoms with Crippen molar-refractivity contribution >= 4 is 0 Å². The van der Waals surface area contributed by atoms with Crippen LogP contribution in [0.5, 0.6) is 5.75 Å². The van der Waals surface area contributed by atoms with Crippen LogP contribution in [-0.2, 0) is 6.42 Å².